The smallest absolute Gasteiger partial charge is 0.232 e. The fraction of sp³-hybridized carbons (Fsp3) is 0.647. The predicted octanol–water partition coefficient (Wildman–Crippen LogP) is 2.48. The molecule has 1 amide bonds. The number of anilines is 1. The van der Waals surface area contributed by atoms with Gasteiger partial charge in [0.1, 0.15) is 5.82 Å². The Hall–Kier alpha value is -0.980. The lowest BCUT2D eigenvalue weighted by atomic mass is 9.90. The minimum Gasteiger partial charge on any atom is -0.393 e. The van der Waals surface area contributed by atoms with E-state index in [1.54, 1.807) is 6.20 Å². The summed E-state index contributed by atoms with van der Waals surface area (Å²) in [7, 11) is 0. The maximum absolute atomic E-state index is 13.1. The van der Waals surface area contributed by atoms with Gasteiger partial charge < -0.3 is 10.4 Å². The van der Waals surface area contributed by atoms with Gasteiger partial charge in [0.25, 0.3) is 0 Å². The van der Waals surface area contributed by atoms with E-state index in [1.807, 2.05) is 17.0 Å². The number of carbonyl (C=O) groups is 1. The zero-order chi connectivity index (χ0) is 16.2. The average Bonchev–Trinajstić information content (AvgIpc) is 2.59. The Labute approximate surface area is 145 Å². The Morgan fingerprint density at radius 2 is 2.04 bits per heavy atom. The van der Waals surface area contributed by atoms with Crippen molar-refractivity contribution in [3.8, 4) is 0 Å². The third kappa shape index (κ3) is 4.11. The molecule has 0 aromatic carbocycles. The highest BCUT2D eigenvalue weighted by Gasteiger charge is 2.34. The van der Waals surface area contributed by atoms with Crippen LogP contribution in [0.4, 0.5) is 5.82 Å². The summed E-state index contributed by atoms with van der Waals surface area (Å²) in [5, 5.41) is 13.1. The van der Waals surface area contributed by atoms with E-state index >= 15 is 0 Å². The third-order valence-corrected chi connectivity index (χ3v) is 5.34. The monoisotopic (exact) mass is 381 g/mol. The number of amides is 1. The lowest BCUT2D eigenvalue weighted by Gasteiger charge is -2.37. The molecule has 1 aromatic heterocycles. The summed E-state index contributed by atoms with van der Waals surface area (Å²) in [6.07, 6.45) is 6.69. The molecule has 2 aliphatic rings. The molecule has 1 aliphatic carbocycles. The molecule has 0 spiro atoms. The summed E-state index contributed by atoms with van der Waals surface area (Å²) < 4.78 is 0.909. The molecule has 1 aliphatic heterocycles. The highest BCUT2D eigenvalue weighted by atomic mass is 79.9. The molecule has 5 nitrogen and oxygen atoms in total. The van der Waals surface area contributed by atoms with Crippen molar-refractivity contribution < 1.29 is 9.90 Å². The van der Waals surface area contributed by atoms with Crippen LogP contribution in [0.2, 0.25) is 0 Å². The van der Waals surface area contributed by atoms with Crippen molar-refractivity contribution in [3.05, 3.63) is 22.8 Å². The van der Waals surface area contributed by atoms with Crippen molar-refractivity contribution in [1.29, 1.82) is 0 Å². The molecule has 2 N–H and O–H groups in total. The number of hydrogen-bond acceptors (Lipinski definition) is 4. The lowest BCUT2D eigenvalue weighted by molar-refractivity contribution is -0.123. The second kappa shape index (κ2) is 7.73. The first-order valence-corrected chi connectivity index (χ1v) is 9.28. The lowest BCUT2D eigenvalue weighted by Crippen LogP contribution is -2.49. The van der Waals surface area contributed by atoms with Crippen molar-refractivity contribution in [3.63, 3.8) is 0 Å². The van der Waals surface area contributed by atoms with Gasteiger partial charge in [0, 0.05) is 23.3 Å². The van der Waals surface area contributed by atoms with E-state index < -0.39 is 0 Å². The van der Waals surface area contributed by atoms with Crippen LogP contribution in [0.1, 0.15) is 38.5 Å². The Morgan fingerprint density at radius 1 is 1.26 bits per heavy atom. The summed E-state index contributed by atoms with van der Waals surface area (Å²) in [5.74, 6) is 0.930. The average molecular weight is 382 g/mol. The maximum Gasteiger partial charge on any atom is 0.232 e. The van der Waals surface area contributed by atoms with Crippen LogP contribution in [0.3, 0.4) is 0 Å². The van der Waals surface area contributed by atoms with Gasteiger partial charge in [0.05, 0.1) is 12.0 Å². The second-order valence-corrected chi connectivity index (χ2v) is 7.46. The van der Waals surface area contributed by atoms with E-state index in [0.717, 1.165) is 61.9 Å². The fourth-order valence-corrected chi connectivity index (χ4v) is 3.80. The topological polar surface area (TPSA) is 65.5 Å². The van der Waals surface area contributed by atoms with Crippen LogP contribution >= 0.6 is 15.9 Å². The molecule has 2 heterocycles. The number of nitrogens with zero attached hydrogens (tertiary/aromatic N) is 2. The highest BCUT2D eigenvalue weighted by molar-refractivity contribution is 9.10. The van der Waals surface area contributed by atoms with Crippen molar-refractivity contribution in [1.82, 2.24) is 10.3 Å². The summed E-state index contributed by atoms with van der Waals surface area (Å²) >= 11 is 3.40. The summed E-state index contributed by atoms with van der Waals surface area (Å²) in [6, 6.07) is 3.98. The van der Waals surface area contributed by atoms with Crippen LogP contribution in [0, 0.1) is 5.92 Å². The number of piperidine rings is 1. The fourth-order valence-electron chi connectivity index (χ4n) is 3.57. The van der Waals surface area contributed by atoms with Gasteiger partial charge in [-0.15, -0.1) is 0 Å². The predicted molar refractivity (Wildman–Crippen MR) is 93.3 cm³/mol. The quantitative estimate of drug-likeness (QED) is 0.843. The van der Waals surface area contributed by atoms with Gasteiger partial charge in [-0.25, -0.2) is 4.98 Å². The second-order valence-electron chi connectivity index (χ2n) is 6.55. The van der Waals surface area contributed by atoms with E-state index in [2.05, 4.69) is 26.2 Å². The normalized spacial score (nSPS) is 28.3. The first kappa shape index (κ1) is 16.9. The number of pyridine rings is 1. The van der Waals surface area contributed by atoms with E-state index in [0.29, 0.717) is 0 Å². The van der Waals surface area contributed by atoms with Crippen LogP contribution in [0.5, 0.6) is 0 Å². The molecule has 0 radical (unpaired) electrons. The Bertz CT molecular complexity index is 523. The maximum atomic E-state index is 13.1. The van der Waals surface area contributed by atoms with Gasteiger partial charge in [0.15, 0.2) is 0 Å². The van der Waals surface area contributed by atoms with Crippen LogP contribution in [-0.4, -0.2) is 41.2 Å². The number of hydrogen-bond donors (Lipinski definition) is 2. The highest BCUT2D eigenvalue weighted by Crippen LogP contribution is 2.29. The number of rotatable bonds is 3. The van der Waals surface area contributed by atoms with E-state index in [4.69, 9.17) is 0 Å². The van der Waals surface area contributed by atoms with E-state index in [1.165, 1.54) is 0 Å². The Balaban J connectivity index is 1.83. The van der Waals surface area contributed by atoms with Crippen LogP contribution in [0.25, 0.3) is 0 Å². The molecule has 1 atom stereocenters. The minimum atomic E-state index is -0.225. The van der Waals surface area contributed by atoms with Gasteiger partial charge in [0.2, 0.25) is 5.91 Å². The molecule has 6 heteroatoms. The molecule has 2 fully saturated rings. The van der Waals surface area contributed by atoms with Crippen molar-refractivity contribution >= 4 is 27.7 Å². The molecule has 126 valence electrons. The number of aliphatic hydroxyl groups is 1. The molecule has 0 unspecified atom stereocenters. The molecule has 3 rings (SSSR count). The Kier molecular flexibility index (Phi) is 5.67. The number of carbonyl (C=O) groups excluding carboxylic acids is 1. The molecular weight excluding hydrogens is 358 g/mol. The van der Waals surface area contributed by atoms with Crippen molar-refractivity contribution in [2.75, 3.05) is 18.0 Å². The van der Waals surface area contributed by atoms with Gasteiger partial charge in [-0.05, 0) is 73.1 Å². The molecule has 0 bridgehead atoms. The number of aliphatic hydroxyl groups excluding tert-OH is 1. The van der Waals surface area contributed by atoms with Crippen molar-refractivity contribution in [2.24, 2.45) is 5.92 Å². The van der Waals surface area contributed by atoms with Crippen LogP contribution < -0.4 is 10.2 Å². The number of nitrogens with one attached hydrogen (secondary N) is 1. The van der Waals surface area contributed by atoms with Gasteiger partial charge in [-0.2, -0.15) is 0 Å². The van der Waals surface area contributed by atoms with Gasteiger partial charge in [-0.3, -0.25) is 9.69 Å². The molecule has 23 heavy (non-hydrogen) atoms. The first-order chi connectivity index (χ1) is 11.1. The largest absolute Gasteiger partial charge is 0.393 e. The summed E-state index contributed by atoms with van der Waals surface area (Å²) in [5.41, 5.74) is 0. The molecule has 1 saturated heterocycles. The van der Waals surface area contributed by atoms with Crippen LogP contribution in [-0.2, 0) is 4.79 Å². The van der Waals surface area contributed by atoms with Gasteiger partial charge in [-0.1, -0.05) is 0 Å². The zero-order valence-electron chi connectivity index (χ0n) is 13.2. The SMILES string of the molecule is O=C([C@H]1CCCNC1)N(c1ccc(Br)cn1)C1CCC(O)CC1. The van der Waals surface area contributed by atoms with E-state index in [-0.39, 0.29) is 24.0 Å². The molecule has 1 aromatic rings. The number of aromatic nitrogens is 1. The van der Waals surface area contributed by atoms with Crippen molar-refractivity contribution in [2.45, 2.75) is 50.7 Å². The summed E-state index contributed by atoms with van der Waals surface area (Å²) in [4.78, 5) is 19.5. The summed E-state index contributed by atoms with van der Waals surface area (Å²) in [6.45, 7) is 1.75. The van der Waals surface area contributed by atoms with E-state index in [9.17, 15) is 9.90 Å². The Morgan fingerprint density at radius 3 is 2.65 bits per heavy atom. The zero-order valence-corrected chi connectivity index (χ0v) is 14.8. The first-order valence-electron chi connectivity index (χ1n) is 8.48. The molecule has 1 saturated carbocycles. The molecular formula is C17H24BrN3O2. The minimum absolute atomic E-state index is 0.0287. The standard InChI is InChI=1S/C17H24BrN3O2/c18-13-3-8-16(20-11-13)21(14-4-6-15(22)7-5-14)17(23)12-2-1-9-19-10-12/h3,8,11-12,14-15,19,22H,1-2,4-7,9-10H2/t12-,14?,15?/m0/s1. The van der Waals surface area contributed by atoms with Crippen LogP contribution in [0.15, 0.2) is 22.8 Å². The van der Waals surface area contributed by atoms with Gasteiger partial charge >= 0.3 is 0 Å². The third-order valence-electron chi connectivity index (χ3n) is 4.87. The number of halogens is 1.